The van der Waals surface area contributed by atoms with Gasteiger partial charge in [0.1, 0.15) is 5.60 Å². The van der Waals surface area contributed by atoms with Crippen molar-refractivity contribution in [3.05, 3.63) is 22.8 Å². The Balaban J connectivity index is 5.19. The van der Waals surface area contributed by atoms with E-state index in [2.05, 4.69) is 0 Å². The number of hydrogen-bond donors (Lipinski definition) is 1. The zero-order chi connectivity index (χ0) is 13.8. The largest absolute Gasteiger partial charge is 0.478 e. The van der Waals surface area contributed by atoms with Crippen LogP contribution >= 0.6 is 0 Å². The van der Waals surface area contributed by atoms with Crippen LogP contribution < -0.4 is 0 Å². The van der Waals surface area contributed by atoms with Gasteiger partial charge in [0, 0.05) is 5.57 Å². The number of carboxylic acids is 1. The molecular weight excluding hydrogens is 220 g/mol. The topological polar surface area (TPSA) is 63.6 Å². The van der Waals surface area contributed by atoms with E-state index in [1.807, 2.05) is 0 Å². The molecule has 0 saturated carbocycles. The third-order valence-corrected chi connectivity index (χ3v) is 1.86. The van der Waals surface area contributed by atoms with Gasteiger partial charge in [0.2, 0.25) is 0 Å². The molecule has 4 heteroatoms. The summed E-state index contributed by atoms with van der Waals surface area (Å²) in [7, 11) is 0. The standard InChI is InChI=1S/C13H20O4/c1-8(2)10(7-9(3)11(14)15)12(16)17-13(4,5)6/h7H,1-6H3,(H,14,15). The maximum absolute atomic E-state index is 11.8. The molecule has 0 unspecified atom stereocenters. The van der Waals surface area contributed by atoms with E-state index >= 15 is 0 Å². The number of carbonyl (C=O) groups is 2. The predicted molar refractivity (Wildman–Crippen MR) is 65.6 cm³/mol. The third-order valence-electron chi connectivity index (χ3n) is 1.86. The van der Waals surface area contributed by atoms with Crippen LogP contribution in [-0.2, 0) is 14.3 Å². The molecule has 0 rings (SSSR count). The van der Waals surface area contributed by atoms with Gasteiger partial charge in [-0.15, -0.1) is 0 Å². The molecule has 0 amide bonds. The molecule has 4 nitrogen and oxygen atoms in total. The van der Waals surface area contributed by atoms with E-state index in [0.29, 0.717) is 5.57 Å². The maximum Gasteiger partial charge on any atom is 0.338 e. The van der Waals surface area contributed by atoms with E-state index in [1.165, 1.54) is 13.0 Å². The first kappa shape index (κ1) is 15.4. The summed E-state index contributed by atoms with van der Waals surface area (Å²) in [5, 5.41) is 8.78. The summed E-state index contributed by atoms with van der Waals surface area (Å²) in [6.45, 7) is 10.2. The molecule has 0 aromatic rings. The van der Waals surface area contributed by atoms with Crippen molar-refractivity contribution in [2.24, 2.45) is 0 Å². The lowest BCUT2D eigenvalue weighted by atomic mass is 10.1. The van der Waals surface area contributed by atoms with Crippen molar-refractivity contribution in [2.75, 3.05) is 0 Å². The fourth-order valence-electron chi connectivity index (χ4n) is 1.02. The molecule has 0 aliphatic carbocycles. The molecule has 0 aromatic heterocycles. The first-order chi connectivity index (χ1) is 7.54. The smallest absolute Gasteiger partial charge is 0.338 e. The molecule has 0 atom stereocenters. The summed E-state index contributed by atoms with van der Waals surface area (Å²) in [6.07, 6.45) is 1.34. The van der Waals surface area contributed by atoms with E-state index < -0.39 is 17.5 Å². The number of esters is 1. The second kappa shape index (κ2) is 5.66. The van der Waals surface area contributed by atoms with Gasteiger partial charge in [-0.3, -0.25) is 0 Å². The van der Waals surface area contributed by atoms with Gasteiger partial charge in [-0.05, 0) is 47.6 Å². The van der Waals surface area contributed by atoms with Crippen LogP contribution in [0.4, 0.5) is 0 Å². The van der Waals surface area contributed by atoms with E-state index in [-0.39, 0.29) is 5.57 Å². The quantitative estimate of drug-likeness (QED) is 0.468. The van der Waals surface area contributed by atoms with Crippen molar-refractivity contribution in [1.29, 1.82) is 0 Å². The second-order valence-corrected chi connectivity index (χ2v) is 5.05. The van der Waals surface area contributed by atoms with Crippen LogP contribution in [0, 0.1) is 0 Å². The first-order valence-electron chi connectivity index (χ1n) is 5.37. The summed E-state index contributed by atoms with van der Waals surface area (Å²) in [6, 6.07) is 0. The summed E-state index contributed by atoms with van der Waals surface area (Å²) >= 11 is 0. The Morgan fingerprint density at radius 3 is 1.88 bits per heavy atom. The van der Waals surface area contributed by atoms with Crippen LogP contribution in [-0.4, -0.2) is 22.6 Å². The molecule has 0 heterocycles. The SMILES string of the molecule is CC(=CC(C(=O)OC(C)(C)C)=C(C)C)C(=O)O. The van der Waals surface area contributed by atoms with Gasteiger partial charge in [-0.25, -0.2) is 9.59 Å². The Morgan fingerprint density at radius 2 is 1.59 bits per heavy atom. The molecule has 0 aliphatic rings. The Kier molecular flexibility index (Phi) is 5.13. The summed E-state index contributed by atoms with van der Waals surface area (Å²) in [4.78, 5) is 22.6. The van der Waals surface area contributed by atoms with Gasteiger partial charge >= 0.3 is 11.9 Å². The minimum absolute atomic E-state index is 0.104. The van der Waals surface area contributed by atoms with Crippen molar-refractivity contribution in [3.63, 3.8) is 0 Å². The van der Waals surface area contributed by atoms with E-state index in [4.69, 9.17) is 9.84 Å². The number of hydrogen-bond acceptors (Lipinski definition) is 3. The Bertz CT molecular complexity index is 377. The number of rotatable bonds is 3. The third kappa shape index (κ3) is 5.90. The van der Waals surface area contributed by atoms with Crippen molar-refractivity contribution < 1.29 is 19.4 Å². The van der Waals surface area contributed by atoms with Crippen LogP contribution in [0.2, 0.25) is 0 Å². The minimum Gasteiger partial charge on any atom is -0.478 e. The average molecular weight is 240 g/mol. The van der Waals surface area contributed by atoms with Crippen LogP contribution in [0.15, 0.2) is 22.8 Å². The Morgan fingerprint density at radius 1 is 1.12 bits per heavy atom. The zero-order valence-corrected chi connectivity index (χ0v) is 11.2. The number of allylic oxidation sites excluding steroid dienone is 1. The summed E-state index contributed by atoms with van der Waals surface area (Å²) in [5.41, 5.74) is 0.523. The lowest BCUT2D eigenvalue weighted by Crippen LogP contribution is -2.25. The number of ether oxygens (including phenoxy) is 1. The molecule has 0 bridgehead atoms. The van der Waals surface area contributed by atoms with Gasteiger partial charge < -0.3 is 9.84 Å². The van der Waals surface area contributed by atoms with Crippen LogP contribution in [0.5, 0.6) is 0 Å². The van der Waals surface area contributed by atoms with E-state index in [1.54, 1.807) is 34.6 Å². The van der Waals surface area contributed by atoms with Crippen molar-refractivity contribution >= 4 is 11.9 Å². The highest BCUT2D eigenvalue weighted by Gasteiger charge is 2.20. The first-order valence-corrected chi connectivity index (χ1v) is 5.37. The lowest BCUT2D eigenvalue weighted by Gasteiger charge is -2.20. The molecule has 0 spiro atoms. The van der Waals surface area contributed by atoms with Gasteiger partial charge in [-0.2, -0.15) is 0 Å². The molecule has 0 saturated heterocycles. The number of aliphatic carboxylic acids is 1. The van der Waals surface area contributed by atoms with E-state index in [0.717, 1.165) is 5.57 Å². The monoisotopic (exact) mass is 240 g/mol. The number of carbonyl (C=O) groups excluding carboxylic acids is 1. The normalized spacial score (nSPS) is 12.0. The average Bonchev–Trinajstić information content (AvgIpc) is 2.09. The molecule has 1 N–H and O–H groups in total. The molecule has 0 radical (unpaired) electrons. The van der Waals surface area contributed by atoms with Crippen LogP contribution in [0.1, 0.15) is 41.5 Å². The number of carboxylic acid groups (broad SMARTS) is 1. The molecule has 0 aliphatic heterocycles. The molecule has 0 aromatic carbocycles. The predicted octanol–water partition coefficient (Wildman–Crippen LogP) is 2.70. The molecular formula is C13H20O4. The van der Waals surface area contributed by atoms with Crippen LogP contribution in [0.25, 0.3) is 0 Å². The summed E-state index contributed by atoms with van der Waals surface area (Å²) < 4.78 is 5.21. The molecule has 17 heavy (non-hydrogen) atoms. The minimum atomic E-state index is -1.05. The highest BCUT2D eigenvalue weighted by Crippen LogP contribution is 2.16. The highest BCUT2D eigenvalue weighted by atomic mass is 16.6. The highest BCUT2D eigenvalue weighted by molar-refractivity contribution is 5.96. The molecule has 96 valence electrons. The van der Waals surface area contributed by atoms with Gasteiger partial charge in [0.05, 0.1) is 5.57 Å². The van der Waals surface area contributed by atoms with Crippen molar-refractivity contribution in [2.45, 2.75) is 47.1 Å². The van der Waals surface area contributed by atoms with Gasteiger partial charge in [-0.1, -0.05) is 5.57 Å². The zero-order valence-electron chi connectivity index (χ0n) is 11.2. The van der Waals surface area contributed by atoms with Crippen molar-refractivity contribution in [1.82, 2.24) is 0 Å². The fraction of sp³-hybridized carbons (Fsp3) is 0.538. The molecule has 0 fully saturated rings. The van der Waals surface area contributed by atoms with Crippen LogP contribution in [0.3, 0.4) is 0 Å². The van der Waals surface area contributed by atoms with Crippen molar-refractivity contribution in [3.8, 4) is 0 Å². The Labute approximate surface area is 102 Å². The second-order valence-electron chi connectivity index (χ2n) is 5.05. The van der Waals surface area contributed by atoms with Gasteiger partial charge in [0.25, 0.3) is 0 Å². The van der Waals surface area contributed by atoms with Gasteiger partial charge in [0.15, 0.2) is 0 Å². The summed E-state index contributed by atoms with van der Waals surface area (Å²) in [5.74, 6) is -1.55. The Hall–Kier alpha value is -1.58. The lowest BCUT2D eigenvalue weighted by molar-refractivity contribution is -0.149. The maximum atomic E-state index is 11.8. The van der Waals surface area contributed by atoms with E-state index in [9.17, 15) is 9.59 Å². The fourth-order valence-corrected chi connectivity index (χ4v) is 1.02.